The van der Waals surface area contributed by atoms with E-state index in [0.717, 1.165) is 6.54 Å². The lowest BCUT2D eigenvalue weighted by atomic mass is 9.83. The van der Waals surface area contributed by atoms with Gasteiger partial charge >= 0.3 is 0 Å². The number of nitrogens with two attached hydrogens (primary N) is 1. The Labute approximate surface area is 118 Å². The highest BCUT2D eigenvalue weighted by atomic mass is 15.2. The summed E-state index contributed by atoms with van der Waals surface area (Å²) in [7, 11) is 0. The molecule has 0 spiro atoms. The van der Waals surface area contributed by atoms with Crippen molar-refractivity contribution in [2.45, 2.75) is 46.1 Å². The largest absolute Gasteiger partial charge is 0.330 e. The molecule has 1 aromatic carbocycles. The van der Waals surface area contributed by atoms with Crippen molar-refractivity contribution in [3.8, 4) is 0 Å². The average Bonchev–Trinajstić information content (AvgIpc) is 2.37. The van der Waals surface area contributed by atoms with Crippen LogP contribution in [0.15, 0.2) is 18.2 Å². The number of aryl methyl sites for hydroxylation is 2. The van der Waals surface area contributed by atoms with Gasteiger partial charge in [-0.1, -0.05) is 36.2 Å². The lowest BCUT2D eigenvalue weighted by Crippen LogP contribution is -2.42. The third-order valence-corrected chi connectivity index (χ3v) is 4.26. The summed E-state index contributed by atoms with van der Waals surface area (Å²) in [5, 5.41) is 0. The predicted octanol–water partition coefficient (Wildman–Crippen LogP) is 3.43. The van der Waals surface area contributed by atoms with Crippen LogP contribution in [0.5, 0.6) is 0 Å². The van der Waals surface area contributed by atoms with Gasteiger partial charge in [-0.05, 0) is 64.2 Å². The second-order valence-corrected chi connectivity index (χ2v) is 6.04. The number of benzene rings is 1. The maximum Gasteiger partial charge on any atom is 0.0388 e. The summed E-state index contributed by atoms with van der Waals surface area (Å²) in [6, 6.07) is 7.49. The first kappa shape index (κ1) is 14.5. The fourth-order valence-corrected chi connectivity index (χ4v) is 3.60. The number of likely N-dealkylation sites (tertiary alicyclic amines) is 1. The van der Waals surface area contributed by atoms with Gasteiger partial charge in [0.25, 0.3) is 0 Å². The molecule has 2 heteroatoms. The van der Waals surface area contributed by atoms with Crippen molar-refractivity contribution < 1.29 is 0 Å². The fraction of sp³-hybridized carbons (Fsp3) is 0.647. The SMILES string of the molecule is CCCN1CCCC(CN)C1c1cc(C)cc(C)c1. The number of nitrogens with zero attached hydrogens (tertiary/aromatic N) is 1. The molecule has 1 aromatic rings. The Morgan fingerprint density at radius 3 is 2.47 bits per heavy atom. The minimum absolute atomic E-state index is 0.525. The van der Waals surface area contributed by atoms with E-state index in [1.807, 2.05) is 0 Å². The standard InChI is InChI=1S/C17H28N2/c1-4-7-19-8-5-6-15(12-18)17(19)16-10-13(2)9-14(3)11-16/h9-11,15,17H,4-8,12,18H2,1-3H3. The van der Waals surface area contributed by atoms with Crippen molar-refractivity contribution in [3.05, 3.63) is 34.9 Å². The first-order valence-electron chi connectivity index (χ1n) is 7.68. The van der Waals surface area contributed by atoms with Crippen LogP contribution in [0, 0.1) is 19.8 Å². The molecule has 1 fully saturated rings. The molecule has 1 aliphatic rings. The van der Waals surface area contributed by atoms with E-state index in [9.17, 15) is 0 Å². The molecule has 106 valence electrons. The first-order chi connectivity index (χ1) is 9.15. The molecule has 0 radical (unpaired) electrons. The first-order valence-corrected chi connectivity index (χ1v) is 7.68. The summed E-state index contributed by atoms with van der Waals surface area (Å²) < 4.78 is 0. The van der Waals surface area contributed by atoms with Gasteiger partial charge in [0.05, 0.1) is 0 Å². The maximum atomic E-state index is 6.04. The molecule has 2 nitrogen and oxygen atoms in total. The van der Waals surface area contributed by atoms with Crippen LogP contribution < -0.4 is 5.73 Å². The highest BCUT2D eigenvalue weighted by molar-refractivity contribution is 5.31. The van der Waals surface area contributed by atoms with Crippen LogP contribution in [0.2, 0.25) is 0 Å². The molecule has 2 atom stereocenters. The Morgan fingerprint density at radius 1 is 1.21 bits per heavy atom. The number of piperidine rings is 1. The zero-order chi connectivity index (χ0) is 13.8. The summed E-state index contributed by atoms with van der Waals surface area (Å²) >= 11 is 0. The normalized spacial score (nSPS) is 24.6. The molecule has 0 bridgehead atoms. The van der Waals surface area contributed by atoms with E-state index in [1.165, 1.54) is 49.0 Å². The van der Waals surface area contributed by atoms with Gasteiger partial charge in [-0.3, -0.25) is 4.90 Å². The zero-order valence-corrected chi connectivity index (χ0v) is 12.7. The molecule has 0 amide bonds. The van der Waals surface area contributed by atoms with Crippen molar-refractivity contribution in [1.29, 1.82) is 0 Å². The van der Waals surface area contributed by atoms with Gasteiger partial charge in [-0.15, -0.1) is 0 Å². The van der Waals surface area contributed by atoms with E-state index in [-0.39, 0.29) is 0 Å². The number of hydrogen-bond donors (Lipinski definition) is 1. The van der Waals surface area contributed by atoms with Gasteiger partial charge < -0.3 is 5.73 Å². The second-order valence-electron chi connectivity index (χ2n) is 6.04. The van der Waals surface area contributed by atoms with Gasteiger partial charge in [0.15, 0.2) is 0 Å². The van der Waals surface area contributed by atoms with E-state index < -0.39 is 0 Å². The van der Waals surface area contributed by atoms with E-state index in [0.29, 0.717) is 12.0 Å². The second kappa shape index (κ2) is 6.53. The van der Waals surface area contributed by atoms with Gasteiger partial charge in [0.2, 0.25) is 0 Å². The van der Waals surface area contributed by atoms with E-state index >= 15 is 0 Å². The molecule has 2 unspecified atom stereocenters. The molecule has 1 heterocycles. The highest BCUT2D eigenvalue weighted by Gasteiger charge is 2.31. The molecule has 19 heavy (non-hydrogen) atoms. The van der Waals surface area contributed by atoms with E-state index in [2.05, 4.69) is 43.9 Å². The summed E-state index contributed by atoms with van der Waals surface area (Å²) in [5.74, 6) is 0.612. The van der Waals surface area contributed by atoms with Crippen LogP contribution in [0.3, 0.4) is 0 Å². The quantitative estimate of drug-likeness (QED) is 0.898. The van der Waals surface area contributed by atoms with Gasteiger partial charge in [-0.25, -0.2) is 0 Å². The minimum atomic E-state index is 0.525. The molecule has 0 aliphatic carbocycles. The zero-order valence-electron chi connectivity index (χ0n) is 12.7. The van der Waals surface area contributed by atoms with Gasteiger partial charge in [0.1, 0.15) is 0 Å². The van der Waals surface area contributed by atoms with Gasteiger partial charge in [0, 0.05) is 6.04 Å². The van der Waals surface area contributed by atoms with Crippen molar-refractivity contribution in [1.82, 2.24) is 4.90 Å². The highest BCUT2D eigenvalue weighted by Crippen LogP contribution is 2.36. The van der Waals surface area contributed by atoms with Crippen LogP contribution in [-0.4, -0.2) is 24.5 Å². The molecule has 1 saturated heterocycles. The Hall–Kier alpha value is -0.860. The van der Waals surface area contributed by atoms with E-state index in [1.54, 1.807) is 0 Å². The smallest absolute Gasteiger partial charge is 0.0388 e. The lowest BCUT2D eigenvalue weighted by molar-refractivity contribution is 0.0960. The molecular weight excluding hydrogens is 232 g/mol. The molecule has 2 N–H and O–H groups in total. The van der Waals surface area contributed by atoms with Crippen LogP contribution in [0.1, 0.15) is 48.9 Å². The molecule has 0 saturated carbocycles. The Kier molecular flexibility index (Phi) is 5.00. The van der Waals surface area contributed by atoms with Crippen molar-refractivity contribution in [2.24, 2.45) is 11.7 Å². The molecular formula is C17H28N2. The van der Waals surface area contributed by atoms with Crippen LogP contribution in [-0.2, 0) is 0 Å². The van der Waals surface area contributed by atoms with Crippen LogP contribution >= 0.6 is 0 Å². The van der Waals surface area contributed by atoms with Gasteiger partial charge in [-0.2, -0.15) is 0 Å². The average molecular weight is 260 g/mol. The summed E-state index contributed by atoms with van der Waals surface area (Å²) in [5.41, 5.74) is 10.2. The van der Waals surface area contributed by atoms with E-state index in [4.69, 9.17) is 5.73 Å². The van der Waals surface area contributed by atoms with Crippen LogP contribution in [0.4, 0.5) is 0 Å². The van der Waals surface area contributed by atoms with Crippen LogP contribution in [0.25, 0.3) is 0 Å². The monoisotopic (exact) mass is 260 g/mol. The molecule has 0 aromatic heterocycles. The summed E-state index contributed by atoms with van der Waals surface area (Å²) in [4.78, 5) is 2.65. The summed E-state index contributed by atoms with van der Waals surface area (Å²) in [6.45, 7) is 9.88. The molecule has 1 aliphatic heterocycles. The third-order valence-electron chi connectivity index (χ3n) is 4.26. The fourth-order valence-electron chi connectivity index (χ4n) is 3.60. The topological polar surface area (TPSA) is 29.3 Å². The Balaban J connectivity index is 2.33. The number of hydrogen-bond acceptors (Lipinski definition) is 2. The Morgan fingerprint density at radius 2 is 1.89 bits per heavy atom. The number of rotatable bonds is 4. The minimum Gasteiger partial charge on any atom is -0.330 e. The van der Waals surface area contributed by atoms with Crippen molar-refractivity contribution in [2.75, 3.05) is 19.6 Å². The van der Waals surface area contributed by atoms with Crippen molar-refractivity contribution >= 4 is 0 Å². The van der Waals surface area contributed by atoms with Crippen molar-refractivity contribution in [3.63, 3.8) is 0 Å². The summed E-state index contributed by atoms with van der Waals surface area (Å²) in [6.07, 6.45) is 3.79. The lowest BCUT2D eigenvalue weighted by Gasteiger charge is -2.41. The Bertz CT molecular complexity index is 391. The maximum absolute atomic E-state index is 6.04. The predicted molar refractivity (Wildman–Crippen MR) is 82.3 cm³/mol. The molecule has 2 rings (SSSR count). The third kappa shape index (κ3) is 3.37.